The second-order valence-corrected chi connectivity index (χ2v) is 9.28. The van der Waals surface area contributed by atoms with Gasteiger partial charge in [-0.05, 0) is 49.0 Å². The van der Waals surface area contributed by atoms with Crippen molar-refractivity contribution >= 4 is 34.4 Å². The van der Waals surface area contributed by atoms with E-state index in [1.807, 2.05) is 6.07 Å². The third kappa shape index (κ3) is 5.54. The Balaban J connectivity index is 1.37. The molecule has 4 rings (SSSR count). The van der Waals surface area contributed by atoms with E-state index in [-0.39, 0.29) is 24.1 Å². The summed E-state index contributed by atoms with van der Waals surface area (Å²) in [6.45, 7) is 0. The smallest absolute Gasteiger partial charge is 0.407 e. The lowest BCUT2D eigenvalue weighted by Crippen LogP contribution is -2.39. The van der Waals surface area contributed by atoms with E-state index in [0.29, 0.717) is 29.8 Å². The fourth-order valence-electron chi connectivity index (χ4n) is 4.26. The second-order valence-electron chi connectivity index (χ2n) is 8.18. The Morgan fingerprint density at radius 2 is 2.09 bits per heavy atom. The fourth-order valence-corrected chi connectivity index (χ4v) is 5.53. The lowest BCUT2D eigenvalue weighted by molar-refractivity contribution is -0.111. The molecule has 1 saturated carbocycles. The Morgan fingerprint density at radius 3 is 2.84 bits per heavy atom. The summed E-state index contributed by atoms with van der Waals surface area (Å²) in [5, 5.41) is 16.0. The van der Waals surface area contributed by atoms with E-state index in [1.54, 1.807) is 24.5 Å². The molecule has 32 heavy (non-hydrogen) atoms. The molecule has 1 unspecified atom stereocenters. The standard InChI is InChI=1S/C24H26N4O3S/c25-14-20-19-10-9-18(31-24(30)27-17-6-2-1-3-7-17)13-21(19)32-23(20)28-22(29)11-8-16-5-4-12-26-15-16/h4-5,8,11-12,15,17-18H,1-3,6-7,9-10,13H2,(H,27,30)(H,28,29). The van der Waals surface area contributed by atoms with Crippen molar-refractivity contribution in [3.63, 3.8) is 0 Å². The van der Waals surface area contributed by atoms with E-state index in [2.05, 4.69) is 21.7 Å². The second kappa shape index (κ2) is 10.4. The predicted molar refractivity (Wildman–Crippen MR) is 123 cm³/mol. The van der Waals surface area contributed by atoms with Crippen molar-refractivity contribution in [3.05, 3.63) is 52.2 Å². The number of hydrogen-bond donors (Lipinski definition) is 2. The largest absolute Gasteiger partial charge is 0.446 e. The maximum atomic E-state index is 12.4. The number of ether oxygens (including phenoxy) is 1. The van der Waals surface area contributed by atoms with Crippen molar-refractivity contribution in [1.82, 2.24) is 10.3 Å². The van der Waals surface area contributed by atoms with E-state index < -0.39 is 0 Å². The van der Waals surface area contributed by atoms with Gasteiger partial charge in [-0.25, -0.2) is 4.79 Å². The lowest BCUT2D eigenvalue weighted by atomic mass is 9.93. The van der Waals surface area contributed by atoms with Crippen LogP contribution >= 0.6 is 11.3 Å². The van der Waals surface area contributed by atoms with Crippen LogP contribution < -0.4 is 10.6 Å². The number of pyridine rings is 1. The number of alkyl carbamates (subject to hydrolysis) is 1. The number of rotatable bonds is 5. The van der Waals surface area contributed by atoms with Gasteiger partial charge in [0.05, 0.1) is 5.56 Å². The highest BCUT2D eigenvalue weighted by molar-refractivity contribution is 7.16. The maximum Gasteiger partial charge on any atom is 0.407 e. The predicted octanol–water partition coefficient (Wildman–Crippen LogP) is 4.58. The number of nitrogens with zero attached hydrogens (tertiary/aromatic N) is 2. The molecular weight excluding hydrogens is 424 g/mol. The van der Waals surface area contributed by atoms with Crippen LogP contribution in [0.3, 0.4) is 0 Å². The van der Waals surface area contributed by atoms with Crippen LogP contribution in [-0.4, -0.2) is 29.1 Å². The Hall–Kier alpha value is -3.18. The SMILES string of the molecule is N#Cc1c(NC(=O)C=Cc2cccnc2)sc2c1CCC(OC(=O)NC1CCCCC1)C2. The molecular formula is C24H26N4O3S. The minimum Gasteiger partial charge on any atom is -0.446 e. The number of nitriles is 1. The normalized spacial score (nSPS) is 18.5. The fraction of sp³-hybridized carbons (Fsp3) is 0.417. The van der Waals surface area contributed by atoms with Crippen LogP contribution in [0.15, 0.2) is 30.6 Å². The van der Waals surface area contributed by atoms with Crippen LogP contribution in [-0.2, 0) is 22.4 Å². The van der Waals surface area contributed by atoms with Crippen LogP contribution in [0, 0.1) is 11.3 Å². The summed E-state index contributed by atoms with van der Waals surface area (Å²) in [6, 6.07) is 6.10. The number of thiophene rings is 1. The van der Waals surface area contributed by atoms with Crippen molar-refractivity contribution in [2.75, 3.05) is 5.32 Å². The number of amides is 2. The Kier molecular flexibility index (Phi) is 7.17. The maximum absolute atomic E-state index is 12.4. The zero-order valence-electron chi connectivity index (χ0n) is 17.8. The van der Waals surface area contributed by atoms with Gasteiger partial charge in [0.25, 0.3) is 0 Å². The van der Waals surface area contributed by atoms with Gasteiger partial charge in [0.1, 0.15) is 17.2 Å². The van der Waals surface area contributed by atoms with Crippen molar-refractivity contribution in [2.45, 2.75) is 63.5 Å². The highest BCUT2D eigenvalue weighted by Gasteiger charge is 2.29. The number of hydrogen-bond acceptors (Lipinski definition) is 6. The Morgan fingerprint density at radius 1 is 1.25 bits per heavy atom. The van der Waals surface area contributed by atoms with Crippen LogP contribution in [0.5, 0.6) is 0 Å². The van der Waals surface area contributed by atoms with Gasteiger partial charge in [-0.2, -0.15) is 5.26 Å². The number of carbonyl (C=O) groups excluding carboxylic acids is 2. The number of aromatic nitrogens is 1. The third-order valence-corrected chi connectivity index (χ3v) is 7.05. The molecule has 1 atom stereocenters. The van der Waals surface area contributed by atoms with Crippen molar-refractivity contribution in [3.8, 4) is 6.07 Å². The summed E-state index contributed by atoms with van der Waals surface area (Å²) in [6.07, 6.45) is 13.3. The average Bonchev–Trinajstić information content (AvgIpc) is 3.15. The van der Waals surface area contributed by atoms with Gasteiger partial charge in [0.15, 0.2) is 0 Å². The molecule has 8 heteroatoms. The molecule has 2 N–H and O–H groups in total. The number of carbonyl (C=O) groups is 2. The van der Waals surface area contributed by atoms with Gasteiger partial charge in [-0.3, -0.25) is 9.78 Å². The molecule has 0 spiro atoms. The van der Waals surface area contributed by atoms with E-state index in [9.17, 15) is 14.9 Å². The Labute approximate surface area is 191 Å². The first-order valence-corrected chi connectivity index (χ1v) is 11.8. The van der Waals surface area contributed by atoms with E-state index in [1.165, 1.54) is 23.8 Å². The summed E-state index contributed by atoms with van der Waals surface area (Å²) in [5.74, 6) is -0.302. The zero-order chi connectivity index (χ0) is 22.3. The Bertz CT molecular complexity index is 1040. The van der Waals surface area contributed by atoms with Crippen LogP contribution in [0.2, 0.25) is 0 Å². The molecule has 2 amide bonds. The first kappa shape index (κ1) is 22.0. The quantitative estimate of drug-likeness (QED) is 0.649. The molecule has 2 heterocycles. The number of fused-ring (bicyclic) bond motifs is 1. The zero-order valence-corrected chi connectivity index (χ0v) is 18.6. The topological polar surface area (TPSA) is 104 Å². The molecule has 0 bridgehead atoms. The monoisotopic (exact) mass is 450 g/mol. The summed E-state index contributed by atoms with van der Waals surface area (Å²) in [7, 11) is 0. The van der Waals surface area contributed by atoms with Crippen molar-refractivity contribution in [1.29, 1.82) is 5.26 Å². The minimum atomic E-state index is -0.350. The van der Waals surface area contributed by atoms with Gasteiger partial charge in [0, 0.05) is 35.8 Å². The molecule has 2 aromatic heterocycles. The van der Waals surface area contributed by atoms with Gasteiger partial charge < -0.3 is 15.4 Å². The third-order valence-electron chi connectivity index (χ3n) is 5.88. The van der Waals surface area contributed by atoms with Crippen LogP contribution in [0.4, 0.5) is 9.80 Å². The molecule has 0 aromatic carbocycles. The first-order chi connectivity index (χ1) is 15.6. The molecule has 1 fully saturated rings. The number of nitrogens with one attached hydrogen (secondary N) is 2. The molecule has 166 valence electrons. The summed E-state index contributed by atoms with van der Waals surface area (Å²) < 4.78 is 5.67. The van der Waals surface area contributed by atoms with Gasteiger partial charge in [-0.15, -0.1) is 11.3 Å². The van der Waals surface area contributed by atoms with E-state index >= 15 is 0 Å². The highest BCUT2D eigenvalue weighted by atomic mass is 32.1. The van der Waals surface area contributed by atoms with Crippen molar-refractivity contribution < 1.29 is 14.3 Å². The van der Waals surface area contributed by atoms with E-state index in [4.69, 9.17) is 4.74 Å². The summed E-state index contributed by atoms with van der Waals surface area (Å²) in [5.41, 5.74) is 2.29. The highest BCUT2D eigenvalue weighted by Crippen LogP contribution is 2.38. The van der Waals surface area contributed by atoms with Gasteiger partial charge in [0.2, 0.25) is 5.91 Å². The van der Waals surface area contributed by atoms with Gasteiger partial charge >= 0.3 is 6.09 Å². The van der Waals surface area contributed by atoms with Crippen molar-refractivity contribution in [2.24, 2.45) is 0 Å². The molecule has 0 saturated heterocycles. The lowest BCUT2D eigenvalue weighted by Gasteiger charge is -2.26. The molecule has 0 radical (unpaired) electrons. The summed E-state index contributed by atoms with van der Waals surface area (Å²) in [4.78, 5) is 29.7. The van der Waals surface area contributed by atoms with Crippen LogP contribution in [0.25, 0.3) is 6.08 Å². The van der Waals surface area contributed by atoms with E-state index in [0.717, 1.165) is 41.7 Å². The molecule has 0 aliphatic heterocycles. The first-order valence-electron chi connectivity index (χ1n) is 11.0. The molecule has 2 aromatic rings. The molecule has 2 aliphatic rings. The minimum absolute atomic E-state index is 0.212. The molecule has 2 aliphatic carbocycles. The average molecular weight is 451 g/mol. The van der Waals surface area contributed by atoms with Gasteiger partial charge in [-0.1, -0.05) is 25.3 Å². The number of anilines is 1. The molecule has 7 nitrogen and oxygen atoms in total. The summed E-state index contributed by atoms with van der Waals surface area (Å²) >= 11 is 1.39. The van der Waals surface area contributed by atoms with Crippen LogP contribution in [0.1, 0.15) is 60.1 Å².